The molecule has 0 atom stereocenters. The molecule has 0 unspecified atom stereocenters. The maximum absolute atomic E-state index is 12.1. The predicted octanol–water partition coefficient (Wildman–Crippen LogP) is 3.32. The van der Waals surface area contributed by atoms with E-state index in [1.54, 1.807) is 7.05 Å². The maximum atomic E-state index is 12.1. The number of methoxy groups -OCH3 is 1. The monoisotopic (exact) mass is 335 g/mol. The van der Waals surface area contributed by atoms with Crippen LogP contribution >= 0.6 is 23.5 Å². The zero-order chi connectivity index (χ0) is 15.9. The lowest BCUT2D eigenvalue weighted by atomic mass is 10.2. The molecule has 0 fully saturated rings. The zero-order valence-electron chi connectivity index (χ0n) is 12.6. The van der Waals surface area contributed by atoms with Gasteiger partial charge in [-0.15, -0.1) is 11.8 Å². The number of nitrogens with zero attached hydrogens (tertiary/aromatic N) is 2. The number of esters is 1. The third kappa shape index (κ3) is 3.92. The van der Waals surface area contributed by atoms with Crippen molar-refractivity contribution in [2.75, 3.05) is 25.7 Å². The molecule has 0 amide bonds. The number of benzene rings is 1. The van der Waals surface area contributed by atoms with Crippen molar-refractivity contribution >= 4 is 35.3 Å². The van der Waals surface area contributed by atoms with E-state index in [2.05, 4.69) is 15.3 Å². The lowest BCUT2D eigenvalue weighted by molar-refractivity contribution is 0.0596. The largest absolute Gasteiger partial charge is 0.465 e. The predicted molar refractivity (Wildman–Crippen MR) is 90.7 cm³/mol. The third-order valence-electron chi connectivity index (χ3n) is 2.88. The van der Waals surface area contributed by atoms with Crippen LogP contribution in [0.4, 0.5) is 5.82 Å². The summed E-state index contributed by atoms with van der Waals surface area (Å²) in [5, 5.41) is 4.19. The van der Waals surface area contributed by atoms with Crippen molar-refractivity contribution in [3.05, 3.63) is 41.5 Å². The Bertz CT molecular complexity index is 651. The Hall–Kier alpha value is -1.73. The molecule has 0 saturated heterocycles. The minimum Gasteiger partial charge on any atom is -0.465 e. The highest BCUT2D eigenvalue weighted by Crippen LogP contribution is 2.30. The van der Waals surface area contributed by atoms with E-state index in [1.807, 2.05) is 36.6 Å². The second-order valence-corrected chi connectivity index (χ2v) is 5.99. The van der Waals surface area contributed by atoms with Gasteiger partial charge in [-0.1, -0.05) is 42.1 Å². The van der Waals surface area contributed by atoms with E-state index < -0.39 is 5.97 Å². The number of carbonyl (C=O) groups excluding carboxylic acids is 1. The van der Waals surface area contributed by atoms with Crippen molar-refractivity contribution in [3.8, 4) is 0 Å². The van der Waals surface area contributed by atoms with Gasteiger partial charge in [0.1, 0.15) is 16.4 Å². The van der Waals surface area contributed by atoms with Gasteiger partial charge in [-0.3, -0.25) is 0 Å². The Morgan fingerprint density at radius 3 is 2.59 bits per heavy atom. The van der Waals surface area contributed by atoms with Crippen molar-refractivity contribution in [1.29, 1.82) is 0 Å². The van der Waals surface area contributed by atoms with Crippen LogP contribution in [0.1, 0.15) is 15.9 Å². The topological polar surface area (TPSA) is 64.1 Å². The highest BCUT2D eigenvalue weighted by Gasteiger charge is 2.21. The summed E-state index contributed by atoms with van der Waals surface area (Å²) < 4.78 is 4.87. The molecule has 5 nitrogen and oxygen atoms in total. The number of aromatic nitrogens is 2. The molecule has 0 aliphatic heterocycles. The van der Waals surface area contributed by atoms with Crippen LogP contribution in [0.15, 0.2) is 40.5 Å². The molecule has 7 heteroatoms. The fourth-order valence-corrected chi connectivity index (χ4v) is 3.20. The van der Waals surface area contributed by atoms with Crippen molar-refractivity contribution in [1.82, 2.24) is 9.97 Å². The summed E-state index contributed by atoms with van der Waals surface area (Å²) in [6.45, 7) is 0. The molecular weight excluding hydrogens is 318 g/mol. The summed E-state index contributed by atoms with van der Waals surface area (Å²) >= 11 is 2.93. The number of thioether (sulfide) groups is 2. The summed E-state index contributed by atoms with van der Waals surface area (Å²) in [5.41, 5.74) is 1.54. The number of ether oxygens (including phenoxy) is 1. The van der Waals surface area contributed by atoms with Gasteiger partial charge in [-0.05, 0) is 11.8 Å². The minimum absolute atomic E-state index is 0.378. The smallest absolute Gasteiger partial charge is 0.344 e. The van der Waals surface area contributed by atoms with Crippen LogP contribution in [-0.2, 0) is 10.5 Å². The van der Waals surface area contributed by atoms with Crippen LogP contribution in [0.5, 0.6) is 0 Å². The number of hydrogen-bond donors (Lipinski definition) is 1. The van der Waals surface area contributed by atoms with Crippen LogP contribution in [0.3, 0.4) is 0 Å². The molecule has 1 aromatic carbocycles. The lowest BCUT2D eigenvalue weighted by Gasteiger charge is -2.12. The number of rotatable bonds is 6. The summed E-state index contributed by atoms with van der Waals surface area (Å²) in [6, 6.07) is 10.0. The second kappa shape index (κ2) is 8.05. The third-order valence-corrected chi connectivity index (χ3v) is 4.48. The van der Waals surface area contributed by atoms with Crippen molar-refractivity contribution in [3.63, 3.8) is 0 Å². The standard InChI is InChI=1S/C15H17N3O2S2/c1-16-12-11(14(19)20-2)13(18-15(17-12)21-3)22-9-10-7-5-4-6-8-10/h4-8H,9H2,1-3H3,(H,16,17,18). The number of nitrogens with one attached hydrogen (secondary N) is 1. The number of anilines is 1. The minimum atomic E-state index is -0.437. The van der Waals surface area contributed by atoms with Crippen LogP contribution in [0, 0.1) is 0 Å². The fourth-order valence-electron chi connectivity index (χ4n) is 1.81. The van der Waals surface area contributed by atoms with E-state index in [4.69, 9.17) is 4.74 Å². The Balaban J connectivity index is 2.36. The molecule has 2 rings (SSSR count). The Labute approximate surface area is 138 Å². The Morgan fingerprint density at radius 1 is 1.27 bits per heavy atom. The average molecular weight is 335 g/mol. The molecule has 0 bridgehead atoms. The molecule has 116 valence electrons. The normalized spacial score (nSPS) is 10.3. The Morgan fingerprint density at radius 2 is 2.00 bits per heavy atom. The highest BCUT2D eigenvalue weighted by atomic mass is 32.2. The van der Waals surface area contributed by atoms with E-state index >= 15 is 0 Å². The van der Waals surface area contributed by atoms with Gasteiger partial charge in [-0.25, -0.2) is 14.8 Å². The van der Waals surface area contributed by atoms with Gasteiger partial charge < -0.3 is 10.1 Å². The molecule has 1 N–H and O–H groups in total. The van der Waals surface area contributed by atoms with E-state index in [9.17, 15) is 4.79 Å². The summed E-state index contributed by atoms with van der Waals surface area (Å²) in [4.78, 5) is 20.8. The zero-order valence-corrected chi connectivity index (χ0v) is 14.3. The van der Waals surface area contributed by atoms with E-state index in [0.29, 0.717) is 21.6 Å². The Kier molecular flexibility index (Phi) is 6.09. The SMILES string of the molecule is CNc1nc(SC)nc(SCc2ccccc2)c1C(=O)OC. The number of hydrogen-bond acceptors (Lipinski definition) is 7. The van der Waals surface area contributed by atoms with E-state index in [1.165, 1.54) is 36.2 Å². The van der Waals surface area contributed by atoms with Gasteiger partial charge in [0.05, 0.1) is 7.11 Å². The van der Waals surface area contributed by atoms with Gasteiger partial charge in [-0.2, -0.15) is 0 Å². The molecule has 2 aromatic rings. The van der Waals surface area contributed by atoms with Crippen LogP contribution in [0.25, 0.3) is 0 Å². The molecule has 0 spiro atoms. The first kappa shape index (κ1) is 16.6. The molecule has 0 aliphatic carbocycles. The van der Waals surface area contributed by atoms with Gasteiger partial charge in [0.25, 0.3) is 0 Å². The van der Waals surface area contributed by atoms with Gasteiger partial charge in [0, 0.05) is 12.8 Å². The summed E-state index contributed by atoms with van der Waals surface area (Å²) in [5.74, 6) is 0.771. The molecule has 1 heterocycles. The molecule has 0 radical (unpaired) electrons. The van der Waals surface area contributed by atoms with Crippen molar-refractivity contribution in [2.45, 2.75) is 15.9 Å². The second-order valence-electron chi connectivity index (χ2n) is 4.25. The van der Waals surface area contributed by atoms with E-state index in [-0.39, 0.29) is 0 Å². The van der Waals surface area contributed by atoms with Crippen molar-refractivity contribution in [2.24, 2.45) is 0 Å². The lowest BCUT2D eigenvalue weighted by Crippen LogP contribution is -2.11. The summed E-state index contributed by atoms with van der Waals surface area (Å²) in [7, 11) is 3.08. The molecule has 0 saturated carbocycles. The molecule has 22 heavy (non-hydrogen) atoms. The molecule has 0 aliphatic rings. The van der Waals surface area contributed by atoms with Crippen LogP contribution in [0.2, 0.25) is 0 Å². The van der Waals surface area contributed by atoms with Crippen molar-refractivity contribution < 1.29 is 9.53 Å². The highest BCUT2D eigenvalue weighted by molar-refractivity contribution is 7.99. The van der Waals surface area contributed by atoms with Gasteiger partial charge in [0.15, 0.2) is 5.16 Å². The van der Waals surface area contributed by atoms with Crippen LogP contribution < -0.4 is 5.32 Å². The summed E-state index contributed by atoms with van der Waals surface area (Å²) in [6.07, 6.45) is 1.90. The maximum Gasteiger partial charge on any atom is 0.344 e. The first-order valence-corrected chi connectivity index (χ1v) is 8.79. The van der Waals surface area contributed by atoms with Crippen LogP contribution in [-0.4, -0.2) is 36.4 Å². The van der Waals surface area contributed by atoms with Gasteiger partial charge >= 0.3 is 5.97 Å². The first-order chi connectivity index (χ1) is 10.7. The number of carbonyl (C=O) groups is 1. The fraction of sp³-hybridized carbons (Fsp3) is 0.267. The average Bonchev–Trinajstić information content (AvgIpc) is 2.59. The molecular formula is C15H17N3O2S2. The molecule has 1 aromatic heterocycles. The first-order valence-electron chi connectivity index (χ1n) is 6.58. The quantitative estimate of drug-likeness (QED) is 0.376. The van der Waals surface area contributed by atoms with E-state index in [0.717, 1.165) is 5.75 Å². The van der Waals surface area contributed by atoms with Gasteiger partial charge in [0.2, 0.25) is 0 Å².